The molecule has 1 spiro atoms. The van der Waals surface area contributed by atoms with Crippen molar-refractivity contribution in [3.8, 4) is 10.4 Å². The van der Waals surface area contributed by atoms with Crippen LogP contribution in [0.5, 0.6) is 0 Å². The molecule has 0 saturated carbocycles. The number of amides is 4. The van der Waals surface area contributed by atoms with Crippen molar-refractivity contribution in [1.29, 1.82) is 0 Å². The smallest absolute Gasteiger partial charge is 0.246 e. The Morgan fingerprint density at radius 2 is 1.52 bits per heavy atom. The van der Waals surface area contributed by atoms with Gasteiger partial charge in [0.05, 0.1) is 46.0 Å². The summed E-state index contributed by atoms with van der Waals surface area (Å²) in [6.45, 7) is 18.6. The second-order valence-corrected chi connectivity index (χ2v) is 25.9. The van der Waals surface area contributed by atoms with Crippen LogP contribution in [0.4, 0.5) is 26.1 Å². The lowest BCUT2D eigenvalue weighted by molar-refractivity contribution is -0.144. The molecule has 4 saturated heterocycles. The maximum atomic E-state index is 15.7. The average Bonchev–Trinajstić information content (AvgIpc) is 4.11. The number of aliphatic hydroxyl groups excluding tert-OH is 1. The number of hydrogen-bond donors (Lipinski definition) is 5. The summed E-state index contributed by atoms with van der Waals surface area (Å²) in [5.41, 5.74) is 4.35. The molecule has 6 heterocycles. The first-order valence-corrected chi connectivity index (χ1v) is 30.2. The molecule has 2 aromatic heterocycles. The number of anilines is 3. The number of β-amino-alcohol motifs (C(OH)–C–C–N with tert-alkyl or cyclic N) is 1. The zero-order valence-corrected chi connectivity index (χ0v) is 49.2. The van der Waals surface area contributed by atoms with Gasteiger partial charge in [-0.05, 0) is 93.5 Å². The van der Waals surface area contributed by atoms with Gasteiger partial charge in [-0.15, -0.1) is 11.3 Å². The summed E-state index contributed by atoms with van der Waals surface area (Å²) in [6, 6.07) is 10.5. The van der Waals surface area contributed by atoms with Gasteiger partial charge in [-0.25, -0.2) is 23.7 Å². The van der Waals surface area contributed by atoms with E-state index in [1.807, 2.05) is 70.5 Å². The lowest BCUT2D eigenvalue weighted by atomic mass is 9.82. The SMILES string of the molecule is Cc1ncsc1-c1ccc([C@H](C)NC(=O)[C@@H]2CC(O)CN2C(=O)[C@@H](NC(=O)CCCCCCCCCCCNc2cc(N3CCC4(CC3)CN(c3cc(F)c(CN5CCC(C)(C)CC5)cc3F)CC(=O)N4)ncn2)C(C)(C)C)cc1. The summed E-state index contributed by atoms with van der Waals surface area (Å²) in [5, 5.41) is 23.4. The molecular weight excluding hydrogens is 1040 g/mol. The van der Waals surface area contributed by atoms with E-state index in [4.69, 9.17) is 0 Å². The first-order valence-electron chi connectivity index (χ1n) is 29.3. The minimum Gasteiger partial charge on any atom is -0.391 e. The van der Waals surface area contributed by atoms with Crippen LogP contribution in [0.2, 0.25) is 0 Å². The largest absolute Gasteiger partial charge is 0.391 e. The molecule has 4 amide bonds. The number of halogens is 2. The second kappa shape index (κ2) is 26.9. The van der Waals surface area contributed by atoms with Gasteiger partial charge in [0.25, 0.3) is 0 Å². The summed E-state index contributed by atoms with van der Waals surface area (Å²) in [4.78, 5) is 76.2. The molecule has 0 bridgehead atoms. The van der Waals surface area contributed by atoms with E-state index in [1.54, 1.807) is 22.6 Å². The molecule has 4 aromatic rings. The number of likely N-dealkylation sites (tertiary alicyclic amines) is 2. The van der Waals surface area contributed by atoms with Crippen LogP contribution in [0.1, 0.15) is 161 Å². The van der Waals surface area contributed by atoms with Crippen molar-refractivity contribution in [1.82, 2.24) is 40.7 Å². The van der Waals surface area contributed by atoms with Crippen LogP contribution in [-0.4, -0.2) is 130 Å². The maximum absolute atomic E-state index is 15.7. The van der Waals surface area contributed by atoms with Crippen LogP contribution in [0.15, 0.2) is 54.3 Å². The van der Waals surface area contributed by atoms with Crippen molar-refractivity contribution in [2.75, 3.05) is 67.5 Å². The Kier molecular flexibility index (Phi) is 20.3. The Bertz CT molecular complexity index is 2740. The highest BCUT2D eigenvalue weighted by molar-refractivity contribution is 7.13. The highest BCUT2D eigenvalue weighted by Crippen LogP contribution is 2.36. The van der Waals surface area contributed by atoms with Crippen LogP contribution in [-0.2, 0) is 25.7 Å². The van der Waals surface area contributed by atoms with E-state index < -0.39 is 40.8 Å². The minimum absolute atomic E-state index is 0.0209. The number of unbranched alkanes of at least 4 members (excludes halogenated alkanes) is 8. The van der Waals surface area contributed by atoms with E-state index in [0.717, 1.165) is 124 Å². The Labute approximate surface area is 476 Å². The fourth-order valence-corrected chi connectivity index (χ4v) is 12.6. The fourth-order valence-electron chi connectivity index (χ4n) is 11.8. The van der Waals surface area contributed by atoms with Crippen LogP contribution >= 0.6 is 11.3 Å². The average molecular weight is 1120 g/mol. The number of nitrogens with zero attached hydrogens (tertiary/aromatic N) is 7. The molecule has 4 aliphatic rings. The Balaban J connectivity index is 0.685. The van der Waals surface area contributed by atoms with E-state index in [9.17, 15) is 24.3 Å². The monoisotopic (exact) mass is 1120 g/mol. The predicted molar refractivity (Wildman–Crippen MR) is 312 cm³/mol. The number of aromatic nitrogens is 3. The van der Waals surface area contributed by atoms with Crippen LogP contribution < -0.4 is 31.1 Å². The van der Waals surface area contributed by atoms with Gasteiger partial charge >= 0.3 is 0 Å². The molecule has 4 fully saturated rings. The molecular formula is C61H87F2N11O5S. The molecule has 19 heteroatoms. The third kappa shape index (κ3) is 16.0. The number of piperazine rings is 1. The number of thiazole rings is 1. The second-order valence-electron chi connectivity index (χ2n) is 25.0. The summed E-state index contributed by atoms with van der Waals surface area (Å²) in [7, 11) is 0. The molecule has 16 nitrogen and oxygen atoms in total. The zero-order chi connectivity index (χ0) is 57.2. The Morgan fingerprint density at radius 1 is 0.850 bits per heavy atom. The number of piperidine rings is 2. The van der Waals surface area contributed by atoms with Crippen LogP contribution in [0.3, 0.4) is 0 Å². The quantitative estimate of drug-likeness (QED) is 0.0444. The number of carbonyl (C=O) groups is 4. The third-order valence-electron chi connectivity index (χ3n) is 16.9. The minimum atomic E-state index is -0.858. The standard InChI is InChI=1S/C61H87F2N11O5S/c1-41(43-18-20-44(21-19-43)55-42(2)67-40-80-55)68-57(78)50-32-46(75)36-74(50)58(79)56(59(3,4)5)69-53(76)17-15-13-11-9-8-10-12-14-16-26-64-51-34-52(66-39-65-51)72-29-24-61(25-30-72)38-73(37-54(77)70-61)49-33-47(62)45(31-48(49)63)35-71-27-22-60(6,7)23-28-71/h18-21,31,33-34,39-41,46,50,56,75H,8-17,22-30,32,35-38H2,1-7H3,(H,68,78)(H,69,76)(H,70,77)(H,64,65,66)/t41-,46?,50-,56+/m0/s1. The van der Waals surface area contributed by atoms with E-state index in [1.165, 1.54) is 17.0 Å². The number of carbonyl (C=O) groups excluding carboxylic acids is 4. The molecule has 4 atom stereocenters. The topological polar surface area (TPSA) is 188 Å². The number of aliphatic hydroxyl groups is 1. The molecule has 2 aromatic carbocycles. The van der Waals surface area contributed by atoms with Gasteiger partial charge < -0.3 is 41.1 Å². The Hall–Kier alpha value is -5.79. The Morgan fingerprint density at radius 3 is 2.19 bits per heavy atom. The maximum Gasteiger partial charge on any atom is 0.246 e. The van der Waals surface area contributed by atoms with Crippen LogP contribution in [0.25, 0.3) is 10.4 Å². The van der Waals surface area contributed by atoms with E-state index in [2.05, 4.69) is 59.9 Å². The van der Waals surface area contributed by atoms with Gasteiger partial charge in [0.2, 0.25) is 23.6 Å². The molecule has 5 N–H and O–H groups in total. The third-order valence-corrected chi connectivity index (χ3v) is 17.9. The van der Waals surface area contributed by atoms with Gasteiger partial charge in [-0.1, -0.05) is 104 Å². The summed E-state index contributed by atoms with van der Waals surface area (Å²) >= 11 is 1.58. The number of rotatable bonds is 23. The highest BCUT2D eigenvalue weighted by atomic mass is 32.1. The van der Waals surface area contributed by atoms with Crippen molar-refractivity contribution < 1.29 is 33.1 Å². The molecule has 8 rings (SSSR count). The number of nitrogens with one attached hydrogen (secondary N) is 4. The van der Waals surface area contributed by atoms with Gasteiger partial charge in [0.1, 0.15) is 41.7 Å². The number of benzene rings is 2. The predicted octanol–water partition coefficient (Wildman–Crippen LogP) is 9.47. The van der Waals surface area contributed by atoms with Crippen molar-refractivity contribution in [2.24, 2.45) is 10.8 Å². The normalized spacial score (nSPS) is 20.1. The highest BCUT2D eigenvalue weighted by Gasteiger charge is 2.45. The van der Waals surface area contributed by atoms with Crippen molar-refractivity contribution in [2.45, 2.75) is 181 Å². The van der Waals surface area contributed by atoms with Gasteiger partial charge in [-0.2, -0.15) is 0 Å². The first-order chi connectivity index (χ1) is 38.2. The zero-order valence-electron chi connectivity index (χ0n) is 48.4. The van der Waals surface area contributed by atoms with E-state index >= 15 is 8.78 Å². The van der Waals surface area contributed by atoms with Gasteiger partial charge in [0.15, 0.2) is 0 Å². The molecule has 1 unspecified atom stereocenters. The molecule has 4 aliphatic heterocycles. The van der Waals surface area contributed by atoms with Gasteiger partial charge in [-0.3, -0.25) is 24.1 Å². The molecule has 436 valence electrons. The first kappa shape index (κ1) is 60.3. The van der Waals surface area contributed by atoms with Crippen molar-refractivity contribution in [3.05, 3.63) is 82.8 Å². The number of aryl methyl sites for hydroxylation is 1. The summed E-state index contributed by atoms with van der Waals surface area (Å²) < 4.78 is 31.2. The lowest BCUT2D eigenvalue weighted by Crippen LogP contribution is -2.66. The van der Waals surface area contributed by atoms with Crippen LogP contribution in [0, 0.1) is 29.4 Å². The fraction of sp³-hybridized carbons (Fsp3) is 0.623. The van der Waals surface area contributed by atoms with E-state index in [0.29, 0.717) is 51.0 Å². The summed E-state index contributed by atoms with van der Waals surface area (Å²) in [5.74, 6) is -0.440. The molecule has 80 heavy (non-hydrogen) atoms. The lowest BCUT2D eigenvalue weighted by Gasteiger charge is -2.48. The number of hydrogen-bond acceptors (Lipinski definition) is 13. The van der Waals surface area contributed by atoms with Crippen molar-refractivity contribution >= 4 is 52.3 Å². The van der Waals surface area contributed by atoms with Gasteiger partial charge in [0, 0.05) is 69.8 Å². The molecule has 0 aliphatic carbocycles. The summed E-state index contributed by atoms with van der Waals surface area (Å²) in [6.07, 6.45) is 13.8. The van der Waals surface area contributed by atoms with E-state index in [-0.39, 0.29) is 60.3 Å². The van der Waals surface area contributed by atoms with Crippen molar-refractivity contribution in [3.63, 3.8) is 0 Å². The molecule has 0 radical (unpaired) electrons.